The molecule has 0 aliphatic rings. The van der Waals surface area contributed by atoms with Crippen molar-refractivity contribution in [1.82, 2.24) is 4.98 Å². The van der Waals surface area contributed by atoms with Crippen LogP contribution in [0.15, 0.2) is 33.1 Å². The van der Waals surface area contributed by atoms with Crippen LogP contribution in [0.25, 0.3) is 0 Å². The number of methoxy groups -OCH3 is 1. The second-order valence-corrected chi connectivity index (χ2v) is 7.57. The number of aromatic nitrogens is 1. The van der Waals surface area contributed by atoms with Crippen molar-refractivity contribution < 1.29 is 13.2 Å². The van der Waals surface area contributed by atoms with Crippen LogP contribution in [-0.2, 0) is 10.0 Å². The zero-order valence-electron chi connectivity index (χ0n) is 9.75. The molecule has 0 fully saturated rings. The van der Waals surface area contributed by atoms with E-state index in [0.717, 1.165) is 3.79 Å². The van der Waals surface area contributed by atoms with Gasteiger partial charge in [-0.15, -0.1) is 0 Å². The molecule has 102 valence electrons. The molecular formula is C10H10BrN3O3S2. The standard InChI is InChI=1S/C10H10BrN3O3S2/c1-17-8-3-2-6(4-7(8)12)19(15,16)14-10-13-5-9(11)18-10/h2-5H,12H2,1H3,(H,13,14). The van der Waals surface area contributed by atoms with Crippen LogP contribution in [0, 0.1) is 0 Å². The molecule has 1 aromatic heterocycles. The summed E-state index contributed by atoms with van der Waals surface area (Å²) in [5, 5.41) is 0.279. The van der Waals surface area contributed by atoms with E-state index >= 15 is 0 Å². The first-order chi connectivity index (χ1) is 8.92. The Bertz CT molecular complexity index is 700. The number of benzene rings is 1. The molecule has 0 aliphatic carbocycles. The number of sulfonamides is 1. The minimum atomic E-state index is -3.71. The Morgan fingerprint density at radius 3 is 2.74 bits per heavy atom. The molecule has 9 heteroatoms. The predicted octanol–water partition coefficient (Wildman–Crippen LogP) is 2.30. The number of anilines is 2. The maximum atomic E-state index is 12.1. The number of thiazole rings is 1. The highest BCUT2D eigenvalue weighted by Crippen LogP contribution is 2.28. The van der Waals surface area contributed by atoms with Crippen molar-refractivity contribution in [1.29, 1.82) is 0 Å². The van der Waals surface area contributed by atoms with Crippen molar-refractivity contribution in [3.63, 3.8) is 0 Å². The Morgan fingerprint density at radius 2 is 2.21 bits per heavy atom. The van der Waals surface area contributed by atoms with Crippen LogP contribution < -0.4 is 15.2 Å². The summed E-state index contributed by atoms with van der Waals surface area (Å²) in [7, 11) is -2.24. The summed E-state index contributed by atoms with van der Waals surface area (Å²) >= 11 is 4.39. The number of halogens is 1. The van der Waals surface area contributed by atoms with E-state index in [0.29, 0.717) is 5.75 Å². The molecule has 2 aromatic rings. The molecule has 0 bridgehead atoms. The third-order valence-corrected chi connectivity index (χ3v) is 5.07. The van der Waals surface area contributed by atoms with Gasteiger partial charge >= 0.3 is 0 Å². The molecule has 6 nitrogen and oxygen atoms in total. The maximum absolute atomic E-state index is 12.1. The van der Waals surface area contributed by atoms with Gasteiger partial charge in [0.05, 0.1) is 27.7 Å². The number of rotatable bonds is 4. The van der Waals surface area contributed by atoms with Gasteiger partial charge in [-0.05, 0) is 34.1 Å². The molecular weight excluding hydrogens is 354 g/mol. The Balaban J connectivity index is 2.31. The minimum Gasteiger partial charge on any atom is -0.495 e. The second-order valence-electron chi connectivity index (χ2n) is 3.48. The number of nitrogen functional groups attached to an aromatic ring is 1. The van der Waals surface area contributed by atoms with Gasteiger partial charge in [0.15, 0.2) is 5.13 Å². The van der Waals surface area contributed by atoms with E-state index in [2.05, 4.69) is 25.6 Å². The summed E-state index contributed by atoms with van der Waals surface area (Å²) in [6.07, 6.45) is 1.52. The average molecular weight is 364 g/mol. The fourth-order valence-corrected chi connectivity index (χ4v) is 3.74. The zero-order valence-corrected chi connectivity index (χ0v) is 13.0. The van der Waals surface area contributed by atoms with Crippen LogP contribution in [-0.4, -0.2) is 20.5 Å². The molecule has 0 saturated carbocycles. The molecule has 0 atom stereocenters. The monoisotopic (exact) mass is 363 g/mol. The molecule has 0 amide bonds. The van der Waals surface area contributed by atoms with Gasteiger partial charge in [-0.1, -0.05) is 11.3 Å². The van der Waals surface area contributed by atoms with Crippen molar-refractivity contribution in [2.24, 2.45) is 0 Å². The first-order valence-electron chi connectivity index (χ1n) is 5.00. The van der Waals surface area contributed by atoms with Gasteiger partial charge in [-0.2, -0.15) is 0 Å². The van der Waals surface area contributed by atoms with Gasteiger partial charge in [-0.3, -0.25) is 4.72 Å². The van der Waals surface area contributed by atoms with Crippen molar-refractivity contribution >= 4 is 48.1 Å². The van der Waals surface area contributed by atoms with E-state index in [1.54, 1.807) is 0 Å². The van der Waals surface area contributed by atoms with Gasteiger partial charge in [0.2, 0.25) is 0 Å². The number of ether oxygens (including phenoxy) is 1. The van der Waals surface area contributed by atoms with Crippen molar-refractivity contribution in [3.8, 4) is 5.75 Å². The van der Waals surface area contributed by atoms with E-state index in [1.807, 2.05) is 0 Å². The zero-order chi connectivity index (χ0) is 14.0. The largest absolute Gasteiger partial charge is 0.495 e. The van der Waals surface area contributed by atoms with Crippen molar-refractivity contribution in [2.45, 2.75) is 4.90 Å². The van der Waals surface area contributed by atoms with Gasteiger partial charge < -0.3 is 10.5 Å². The van der Waals surface area contributed by atoms with Gasteiger partial charge in [0.25, 0.3) is 10.0 Å². The summed E-state index contributed by atoms with van der Waals surface area (Å²) in [4.78, 5) is 3.96. The summed E-state index contributed by atoms with van der Waals surface area (Å²) in [6.45, 7) is 0. The van der Waals surface area contributed by atoms with Gasteiger partial charge in [0.1, 0.15) is 5.75 Å². The molecule has 0 radical (unpaired) electrons. The quantitative estimate of drug-likeness (QED) is 0.812. The van der Waals surface area contributed by atoms with Gasteiger partial charge in [0, 0.05) is 0 Å². The lowest BCUT2D eigenvalue weighted by atomic mass is 10.3. The summed E-state index contributed by atoms with van der Waals surface area (Å²) in [6, 6.07) is 4.26. The van der Waals surface area contributed by atoms with Crippen LogP contribution in [0.2, 0.25) is 0 Å². The van der Waals surface area contributed by atoms with E-state index in [1.165, 1.54) is 42.8 Å². The molecule has 19 heavy (non-hydrogen) atoms. The number of nitrogens with two attached hydrogens (primary N) is 1. The van der Waals surface area contributed by atoms with Crippen LogP contribution >= 0.6 is 27.3 Å². The number of hydrogen-bond donors (Lipinski definition) is 2. The lowest BCUT2D eigenvalue weighted by Crippen LogP contribution is -2.13. The highest BCUT2D eigenvalue weighted by Gasteiger charge is 2.17. The molecule has 1 aromatic carbocycles. The first-order valence-corrected chi connectivity index (χ1v) is 8.09. The highest BCUT2D eigenvalue weighted by molar-refractivity contribution is 9.11. The molecule has 0 saturated heterocycles. The number of nitrogens with one attached hydrogen (secondary N) is 1. The highest BCUT2D eigenvalue weighted by atomic mass is 79.9. The minimum absolute atomic E-state index is 0.0529. The Hall–Kier alpha value is -1.32. The first kappa shape index (κ1) is 14.1. The van der Waals surface area contributed by atoms with Crippen molar-refractivity contribution in [2.75, 3.05) is 17.6 Å². The van der Waals surface area contributed by atoms with Crippen LogP contribution in [0.1, 0.15) is 0 Å². The SMILES string of the molecule is COc1ccc(S(=O)(=O)Nc2ncc(Br)s2)cc1N. The predicted molar refractivity (Wildman–Crippen MR) is 78.0 cm³/mol. The number of hydrogen-bond acceptors (Lipinski definition) is 6. The molecule has 0 aliphatic heterocycles. The lowest BCUT2D eigenvalue weighted by molar-refractivity contribution is 0.416. The van der Waals surface area contributed by atoms with Crippen LogP contribution in [0.3, 0.4) is 0 Å². The topological polar surface area (TPSA) is 94.3 Å². The number of nitrogens with zero attached hydrogens (tertiary/aromatic N) is 1. The Kier molecular flexibility index (Phi) is 3.97. The van der Waals surface area contributed by atoms with Gasteiger partial charge in [-0.25, -0.2) is 13.4 Å². The van der Waals surface area contributed by atoms with E-state index < -0.39 is 10.0 Å². The third-order valence-electron chi connectivity index (χ3n) is 2.21. The molecule has 1 heterocycles. The molecule has 2 rings (SSSR count). The van der Waals surface area contributed by atoms with Crippen LogP contribution in [0.5, 0.6) is 5.75 Å². The van der Waals surface area contributed by atoms with Crippen LogP contribution in [0.4, 0.5) is 10.8 Å². The van der Waals surface area contributed by atoms with E-state index in [4.69, 9.17) is 10.5 Å². The average Bonchev–Trinajstić information content (AvgIpc) is 2.73. The molecule has 0 unspecified atom stereocenters. The maximum Gasteiger partial charge on any atom is 0.263 e. The Labute approximate surface area is 122 Å². The third kappa shape index (κ3) is 3.17. The Morgan fingerprint density at radius 1 is 1.47 bits per heavy atom. The molecule has 0 spiro atoms. The lowest BCUT2D eigenvalue weighted by Gasteiger charge is -2.08. The van der Waals surface area contributed by atoms with E-state index in [-0.39, 0.29) is 15.7 Å². The smallest absolute Gasteiger partial charge is 0.263 e. The summed E-state index contributed by atoms with van der Waals surface area (Å²) < 4.78 is 32.3. The van der Waals surface area contributed by atoms with Crippen molar-refractivity contribution in [3.05, 3.63) is 28.2 Å². The summed E-state index contributed by atoms with van der Waals surface area (Å²) in [5.74, 6) is 0.427. The fraction of sp³-hybridized carbons (Fsp3) is 0.100. The normalized spacial score (nSPS) is 11.3. The second kappa shape index (κ2) is 5.35. The fourth-order valence-electron chi connectivity index (χ4n) is 1.36. The molecule has 3 N–H and O–H groups in total. The van der Waals surface area contributed by atoms with E-state index in [9.17, 15) is 8.42 Å². The summed E-state index contributed by atoms with van der Waals surface area (Å²) in [5.41, 5.74) is 5.94.